The fourth-order valence-electron chi connectivity index (χ4n) is 4.15. The third kappa shape index (κ3) is 6.52. The summed E-state index contributed by atoms with van der Waals surface area (Å²) in [4.78, 5) is 33.1. The van der Waals surface area contributed by atoms with Gasteiger partial charge in [-0.2, -0.15) is 0 Å². The van der Waals surface area contributed by atoms with Crippen LogP contribution in [-0.2, 0) is 9.59 Å². The van der Waals surface area contributed by atoms with Crippen LogP contribution in [0.25, 0.3) is 0 Å². The molecule has 2 saturated heterocycles. The third-order valence-corrected chi connectivity index (χ3v) is 6.49. The van der Waals surface area contributed by atoms with Gasteiger partial charge in [-0.05, 0) is 45.3 Å². The minimum absolute atomic E-state index is 0.0323. The Hall–Kier alpha value is -1.02. The maximum atomic E-state index is 12.5. The van der Waals surface area contributed by atoms with E-state index in [0.29, 0.717) is 12.3 Å². The minimum Gasteiger partial charge on any atom is -0.480 e. The van der Waals surface area contributed by atoms with Crippen molar-refractivity contribution in [2.45, 2.75) is 32.6 Å². The summed E-state index contributed by atoms with van der Waals surface area (Å²) in [6, 6.07) is 0. The molecular weight excluding hydrogens is 344 g/mol. The zero-order valence-electron chi connectivity index (χ0n) is 16.9. The smallest absolute Gasteiger partial charge is 0.317 e. The van der Waals surface area contributed by atoms with E-state index in [4.69, 9.17) is 5.11 Å². The Balaban J connectivity index is 1.57. The Labute approximate surface area is 163 Å². The first kappa shape index (κ1) is 20.7. The van der Waals surface area contributed by atoms with E-state index in [2.05, 4.69) is 26.5 Å². The average molecular weight is 381 g/mol. The summed E-state index contributed by atoms with van der Waals surface area (Å²) in [5.41, 5.74) is -0.0323. The number of nitrogens with zero attached hydrogens (tertiary/aromatic N) is 4. The molecule has 2 aliphatic heterocycles. The van der Waals surface area contributed by atoms with Gasteiger partial charge in [-0.15, -0.1) is 0 Å². The van der Waals surface area contributed by atoms with Gasteiger partial charge in [0.25, 0.3) is 0 Å². The Morgan fingerprint density at radius 2 is 1.22 bits per heavy atom. The minimum atomic E-state index is -0.735. The number of carbonyl (C=O) groups excluding carboxylic acids is 1. The number of hydrogen-bond donors (Lipinski definition) is 1. The van der Waals surface area contributed by atoms with Crippen LogP contribution in [-0.4, -0.2) is 115 Å². The number of rotatable bonds is 5. The number of carbonyl (C=O) groups is 2. The maximum absolute atomic E-state index is 12.5. The first-order valence-corrected chi connectivity index (χ1v) is 10.6. The SMILES string of the molecule is CC1(C(=O)CN2CCCN3CCN(CCCN(CC(=O)O)CC3)CC2)CC1. The van der Waals surface area contributed by atoms with Crippen molar-refractivity contribution >= 4 is 11.8 Å². The molecule has 0 amide bonds. The number of aliphatic carboxylic acids is 1. The van der Waals surface area contributed by atoms with Gasteiger partial charge in [0, 0.05) is 51.2 Å². The average Bonchev–Trinajstić information content (AvgIpc) is 3.38. The second kappa shape index (κ2) is 9.45. The molecule has 27 heavy (non-hydrogen) atoms. The van der Waals surface area contributed by atoms with Crippen molar-refractivity contribution in [3.8, 4) is 0 Å². The lowest BCUT2D eigenvalue weighted by Gasteiger charge is -2.35. The van der Waals surface area contributed by atoms with Crippen molar-refractivity contribution in [3.63, 3.8) is 0 Å². The lowest BCUT2D eigenvalue weighted by Crippen LogP contribution is -2.48. The van der Waals surface area contributed by atoms with Crippen LogP contribution in [0, 0.1) is 5.41 Å². The Morgan fingerprint density at radius 1 is 0.741 bits per heavy atom. The monoisotopic (exact) mass is 380 g/mol. The first-order valence-electron chi connectivity index (χ1n) is 10.6. The van der Waals surface area contributed by atoms with Gasteiger partial charge in [0.05, 0.1) is 13.1 Å². The summed E-state index contributed by atoms with van der Waals surface area (Å²) in [5.74, 6) is -0.311. The number of Topliss-reactive ketones (excluding diaryl/α,β-unsaturated/α-hetero) is 1. The molecule has 1 N–H and O–H groups in total. The van der Waals surface area contributed by atoms with E-state index in [1.54, 1.807) is 0 Å². The van der Waals surface area contributed by atoms with Gasteiger partial charge in [-0.3, -0.25) is 19.4 Å². The van der Waals surface area contributed by atoms with Crippen LogP contribution in [0.1, 0.15) is 32.6 Å². The van der Waals surface area contributed by atoms with Crippen molar-refractivity contribution in [2.24, 2.45) is 5.41 Å². The quantitative estimate of drug-likeness (QED) is 0.743. The van der Waals surface area contributed by atoms with Gasteiger partial charge in [0.1, 0.15) is 0 Å². The van der Waals surface area contributed by atoms with Gasteiger partial charge in [-0.1, -0.05) is 6.92 Å². The van der Waals surface area contributed by atoms with Crippen molar-refractivity contribution < 1.29 is 14.7 Å². The molecule has 0 aromatic carbocycles. The predicted molar refractivity (Wildman–Crippen MR) is 105 cm³/mol. The number of carboxylic acids is 1. The Kier molecular flexibility index (Phi) is 7.25. The summed E-state index contributed by atoms with van der Waals surface area (Å²) in [6.45, 7) is 12.5. The zero-order chi connectivity index (χ0) is 19.3. The van der Waals surface area contributed by atoms with Crippen molar-refractivity contribution in [1.82, 2.24) is 19.6 Å². The fourth-order valence-corrected chi connectivity index (χ4v) is 4.15. The molecule has 0 aromatic heterocycles. The van der Waals surface area contributed by atoms with E-state index in [9.17, 15) is 9.59 Å². The zero-order valence-corrected chi connectivity index (χ0v) is 16.9. The topological polar surface area (TPSA) is 67.3 Å². The van der Waals surface area contributed by atoms with Crippen LogP contribution in [0.2, 0.25) is 0 Å². The lowest BCUT2D eigenvalue weighted by atomic mass is 10.0. The summed E-state index contributed by atoms with van der Waals surface area (Å²) < 4.78 is 0. The molecular formula is C20H36N4O3. The van der Waals surface area contributed by atoms with Crippen LogP contribution in [0.5, 0.6) is 0 Å². The molecule has 154 valence electrons. The molecule has 2 atom stereocenters. The molecule has 7 nitrogen and oxygen atoms in total. The van der Waals surface area contributed by atoms with Crippen LogP contribution >= 0.6 is 0 Å². The molecule has 1 saturated carbocycles. The molecule has 0 spiro atoms. The maximum Gasteiger partial charge on any atom is 0.317 e. The number of carboxylic acid groups (broad SMARTS) is 1. The second-order valence-corrected chi connectivity index (χ2v) is 8.82. The molecule has 2 heterocycles. The normalized spacial score (nSPS) is 30.6. The molecule has 2 bridgehead atoms. The summed E-state index contributed by atoms with van der Waals surface area (Å²) >= 11 is 0. The molecule has 0 radical (unpaired) electrons. The van der Waals surface area contributed by atoms with Crippen LogP contribution in [0.15, 0.2) is 0 Å². The van der Waals surface area contributed by atoms with E-state index >= 15 is 0 Å². The molecule has 2 unspecified atom stereocenters. The van der Waals surface area contributed by atoms with Crippen molar-refractivity contribution in [3.05, 3.63) is 0 Å². The molecule has 1 aliphatic carbocycles. The van der Waals surface area contributed by atoms with Gasteiger partial charge in [0.2, 0.25) is 0 Å². The molecule has 3 rings (SSSR count). The predicted octanol–water partition coefficient (Wildman–Crippen LogP) is 0.456. The molecule has 7 heteroatoms. The largest absolute Gasteiger partial charge is 0.480 e. The highest BCUT2D eigenvalue weighted by atomic mass is 16.4. The summed E-state index contributed by atoms with van der Waals surface area (Å²) in [5, 5.41) is 9.13. The third-order valence-electron chi connectivity index (χ3n) is 6.49. The van der Waals surface area contributed by atoms with Gasteiger partial charge in [-0.25, -0.2) is 0 Å². The van der Waals surface area contributed by atoms with E-state index in [0.717, 1.165) is 91.1 Å². The highest BCUT2D eigenvalue weighted by Gasteiger charge is 2.44. The van der Waals surface area contributed by atoms with Crippen LogP contribution < -0.4 is 0 Å². The standard InChI is InChI=1S/C20H36N4O3/c1-20(4-5-20)18(25)16-23-8-2-6-22-11-10-21(12-14-23)7-3-9-24(15-13-22)17-19(26)27/h2-17H2,1H3,(H,26,27). The van der Waals surface area contributed by atoms with E-state index in [1.807, 2.05) is 0 Å². The van der Waals surface area contributed by atoms with Crippen molar-refractivity contribution in [2.75, 3.05) is 78.5 Å². The van der Waals surface area contributed by atoms with Gasteiger partial charge < -0.3 is 14.9 Å². The van der Waals surface area contributed by atoms with Crippen LogP contribution in [0.4, 0.5) is 0 Å². The Bertz CT molecular complexity index is 523. The van der Waals surface area contributed by atoms with E-state index in [-0.39, 0.29) is 12.0 Å². The van der Waals surface area contributed by atoms with E-state index < -0.39 is 5.97 Å². The molecule has 3 aliphatic rings. The summed E-state index contributed by atoms with van der Waals surface area (Å²) in [6.07, 6.45) is 4.20. The number of hydrogen-bond acceptors (Lipinski definition) is 6. The van der Waals surface area contributed by atoms with Crippen LogP contribution in [0.3, 0.4) is 0 Å². The van der Waals surface area contributed by atoms with Gasteiger partial charge in [0.15, 0.2) is 5.78 Å². The van der Waals surface area contributed by atoms with E-state index in [1.165, 1.54) is 0 Å². The highest BCUT2D eigenvalue weighted by Crippen LogP contribution is 2.45. The fraction of sp³-hybridized carbons (Fsp3) is 0.900. The Morgan fingerprint density at radius 3 is 1.70 bits per heavy atom. The second-order valence-electron chi connectivity index (χ2n) is 8.82. The summed E-state index contributed by atoms with van der Waals surface area (Å²) in [7, 11) is 0. The molecule has 3 fully saturated rings. The van der Waals surface area contributed by atoms with Crippen molar-refractivity contribution in [1.29, 1.82) is 0 Å². The number of fused-ring (bicyclic) bond motifs is 3. The highest BCUT2D eigenvalue weighted by molar-refractivity contribution is 5.88. The molecule has 0 aromatic rings. The first-order chi connectivity index (χ1) is 12.9. The lowest BCUT2D eigenvalue weighted by molar-refractivity contribution is -0.138. The number of ketones is 1. The van der Waals surface area contributed by atoms with Gasteiger partial charge >= 0.3 is 5.97 Å².